The summed E-state index contributed by atoms with van der Waals surface area (Å²) in [4.78, 5) is 6.70. The minimum absolute atomic E-state index is 0.364. The number of hydrogen-bond donors (Lipinski definition) is 1. The van der Waals surface area contributed by atoms with Crippen molar-refractivity contribution in [3.63, 3.8) is 0 Å². The Balaban J connectivity index is 2.73. The van der Waals surface area contributed by atoms with E-state index in [1.54, 1.807) is 7.11 Å². The lowest BCUT2D eigenvalue weighted by Gasteiger charge is -2.23. The second-order valence-electron chi connectivity index (χ2n) is 4.70. The molecule has 1 heterocycles. The van der Waals surface area contributed by atoms with Gasteiger partial charge in [-0.3, -0.25) is 0 Å². The molecule has 0 saturated carbocycles. The summed E-state index contributed by atoms with van der Waals surface area (Å²) in [7, 11) is 1.73. The van der Waals surface area contributed by atoms with E-state index in [-0.39, 0.29) is 0 Å². The lowest BCUT2D eigenvalue weighted by molar-refractivity contribution is 0.205. The molecule has 1 unspecified atom stereocenters. The van der Waals surface area contributed by atoms with Crippen LogP contribution in [0.25, 0.3) is 0 Å². The van der Waals surface area contributed by atoms with Gasteiger partial charge in [-0.1, -0.05) is 6.92 Å². The Labute approximate surface area is 117 Å². The van der Waals surface area contributed by atoms with E-state index in [2.05, 4.69) is 48.1 Å². The Morgan fingerprint density at radius 2 is 2.21 bits per heavy atom. The molecule has 108 valence electrons. The summed E-state index contributed by atoms with van der Waals surface area (Å²) >= 11 is 0. The number of rotatable bonds is 9. The van der Waals surface area contributed by atoms with Gasteiger partial charge in [0.25, 0.3) is 0 Å². The van der Waals surface area contributed by atoms with Crippen molar-refractivity contribution in [3.05, 3.63) is 23.9 Å². The third-order valence-electron chi connectivity index (χ3n) is 3.24. The normalized spacial score (nSPS) is 12.4. The lowest BCUT2D eigenvalue weighted by atomic mass is 10.1. The molecule has 19 heavy (non-hydrogen) atoms. The van der Waals surface area contributed by atoms with E-state index in [4.69, 9.17) is 4.74 Å². The van der Waals surface area contributed by atoms with Crippen LogP contribution in [0.1, 0.15) is 38.8 Å². The van der Waals surface area contributed by atoms with Crippen molar-refractivity contribution in [3.8, 4) is 0 Å². The van der Waals surface area contributed by atoms with Crippen molar-refractivity contribution in [2.75, 3.05) is 38.3 Å². The van der Waals surface area contributed by atoms with E-state index < -0.39 is 0 Å². The van der Waals surface area contributed by atoms with Crippen LogP contribution in [0.3, 0.4) is 0 Å². The quantitative estimate of drug-likeness (QED) is 0.745. The van der Waals surface area contributed by atoms with E-state index in [0.717, 1.165) is 38.5 Å². The average Bonchev–Trinajstić information content (AvgIpc) is 2.46. The first-order chi connectivity index (χ1) is 9.22. The number of methoxy groups -OCH3 is 1. The van der Waals surface area contributed by atoms with Crippen LogP contribution in [0.4, 0.5) is 5.82 Å². The number of likely N-dealkylation sites (N-methyl/N-ethyl adjacent to an activating group) is 1. The first kappa shape index (κ1) is 15.9. The number of ether oxygens (including phenoxy) is 1. The molecule has 0 aliphatic carbocycles. The molecule has 1 N–H and O–H groups in total. The van der Waals surface area contributed by atoms with E-state index in [0.29, 0.717) is 6.04 Å². The molecular weight excluding hydrogens is 238 g/mol. The molecule has 0 aromatic carbocycles. The maximum Gasteiger partial charge on any atom is 0.128 e. The van der Waals surface area contributed by atoms with E-state index >= 15 is 0 Å². The molecule has 0 bridgehead atoms. The fraction of sp³-hybridized carbons (Fsp3) is 0.667. The number of nitrogens with zero attached hydrogens (tertiary/aromatic N) is 2. The highest BCUT2D eigenvalue weighted by atomic mass is 16.5. The molecule has 1 aromatic rings. The monoisotopic (exact) mass is 265 g/mol. The van der Waals surface area contributed by atoms with Crippen molar-refractivity contribution in [1.82, 2.24) is 10.3 Å². The SMILES string of the molecule is CCCNC(C)c1ccnc(N(CC)CCOC)c1. The molecule has 1 atom stereocenters. The summed E-state index contributed by atoms with van der Waals surface area (Å²) < 4.78 is 5.14. The lowest BCUT2D eigenvalue weighted by Crippen LogP contribution is -2.28. The zero-order valence-electron chi connectivity index (χ0n) is 12.6. The molecule has 0 aliphatic heterocycles. The van der Waals surface area contributed by atoms with E-state index in [9.17, 15) is 0 Å². The van der Waals surface area contributed by atoms with Crippen LogP contribution >= 0.6 is 0 Å². The van der Waals surface area contributed by atoms with Crippen molar-refractivity contribution in [2.24, 2.45) is 0 Å². The van der Waals surface area contributed by atoms with Crippen molar-refractivity contribution in [2.45, 2.75) is 33.2 Å². The number of pyridine rings is 1. The highest BCUT2D eigenvalue weighted by Crippen LogP contribution is 2.18. The molecule has 1 rings (SSSR count). The molecule has 0 saturated heterocycles. The molecule has 1 aromatic heterocycles. The molecule has 0 fully saturated rings. The van der Waals surface area contributed by atoms with E-state index in [1.807, 2.05) is 6.20 Å². The maximum atomic E-state index is 5.14. The van der Waals surface area contributed by atoms with Gasteiger partial charge < -0.3 is 15.0 Å². The van der Waals surface area contributed by atoms with Crippen molar-refractivity contribution < 1.29 is 4.74 Å². The Bertz CT molecular complexity index is 357. The molecule has 0 spiro atoms. The minimum atomic E-state index is 0.364. The van der Waals surface area contributed by atoms with Gasteiger partial charge in [-0.2, -0.15) is 0 Å². The van der Waals surface area contributed by atoms with Crippen LogP contribution in [-0.2, 0) is 4.74 Å². The smallest absolute Gasteiger partial charge is 0.128 e. The van der Waals surface area contributed by atoms with Crippen LogP contribution in [0.2, 0.25) is 0 Å². The second-order valence-corrected chi connectivity index (χ2v) is 4.70. The van der Waals surface area contributed by atoms with Gasteiger partial charge in [0.15, 0.2) is 0 Å². The summed E-state index contributed by atoms with van der Waals surface area (Å²) in [5.41, 5.74) is 1.29. The summed E-state index contributed by atoms with van der Waals surface area (Å²) in [5.74, 6) is 1.03. The number of aromatic nitrogens is 1. The highest BCUT2D eigenvalue weighted by Gasteiger charge is 2.09. The van der Waals surface area contributed by atoms with Gasteiger partial charge in [0.1, 0.15) is 5.82 Å². The second kappa shape index (κ2) is 8.88. The minimum Gasteiger partial charge on any atom is -0.383 e. The number of anilines is 1. The predicted octanol–water partition coefficient (Wildman–Crippen LogP) is 2.61. The van der Waals surface area contributed by atoms with Gasteiger partial charge in [0, 0.05) is 32.4 Å². The van der Waals surface area contributed by atoms with Crippen molar-refractivity contribution >= 4 is 5.82 Å². The third kappa shape index (κ3) is 5.17. The first-order valence-corrected chi connectivity index (χ1v) is 7.16. The van der Waals surface area contributed by atoms with Gasteiger partial charge in [0.2, 0.25) is 0 Å². The molecule has 4 heteroatoms. The Morgan fingerprint density at radius 1 is 1.42 bits per heavy atom. The van der Waals surface area contributed by atoms with Gasteiger partial charge in [-0.25, -0.2) is 4.98 Å². The summed E-state index contributed by atoms with van der Waals surface area (Å²) in [5, 5.41) is 3.50. The Kier molecular flexibility index (Phi) is 7.45. The zero-order chi connectivity index (χ0) is 14.1. The fourth-order valence-corrected chi connectivity index (χ4v) is 1.99. The van der Waals surface area contributed by atoms with Crippen molar-refractivity contribution in [1.29, 1.82) is 0 Å². The standard InChI is InChI=1S/C15H27N3O/c1-5-8-16-13(3)14-7-9-17-15(12-14)18(6-2)10-11-19-4/h7,9,12-13,16H,5-6,8,10-11H2,1-4H3. The van der Waals surface area contributed by atoms with Crippen LogP contribution < -0.4 is 10.2 Å². The predicted molar refractivity (Wildman–Crippen MR) is 80.7 cm³/mol. The molecule has 0 radical (unpaired) electrons. The topological polar surface area (TPSA) is 37.4 Å². The van der Waals surface area contributed by atoms with Gasteiger partial charge in [-0.15, -0.1) is 0 Å². The Hall–Kier alpha value is -1.13. The number of nitrogens with one attached hydrogen (secondary N) is 1. The van der Waals surface area contributed by atoms with Crippen LogP contribution in [0.15, 0.2) is 18.3 Å². The Morgan fingerprint density at radius 3 is 2.84 bits per heavy atom. The average molecular weight is 265 g/mol. The van der Waals surface area contributed by atoms with Gasteiger partial charge in [0.05, 0.1) is 6.61 Å². The summed E-state index contributed by atoms with van der Waals surface area (Å²) in [6.07, 6.45) is 3.04. The highest BCUT2D eigenvalue weighted by molar-refractivity contribution is 5.41. The van der Waals surface area contributed by atoms with Gasteiger partial charge in [-0.05, 0) is 44.5 Å². The fourth-order valence-electron chi connectivity index (χ4n) is 1.99. The number of hydrogen-bond acceptors (Lipinski definition) is 4. The zero-order valence-corrected chi connectivity index (χ0v) is 12.6. The van der Waals surface area contributed by atoms with Gasteiger partial charge >= 0.3 is 0 Å². The summed E-state index contributed by atoms with van der Waals surface area (Å²) in [6.45, 7) is 10.1. The first-order valence-electron chi connectivity index (χ1n) is 7.16. The third-order valence-corrected chi connectivity index (χ3v) is 3.24. The molecule has 0 amide bonds. The maximum absolute atomic E-state index is 5.14. The van der Waals surface area contributed by atoms with Crippen LogP contribution in [0, 0.1) is 0 Å². The molecular formula is C15H27N3O. The van der Waals surface area contributed by atoms with Crippen LogP contribution in [0.5, 0.6) is 0 Å². The van der Waals surface area contributed by atoms with Crippen LogP contribution in [-0.4, -0.2) is 38.3 Å². The largest absolute Gasteiger partial charge is 0.383 e. The molecule has 4 nitrogen and oxygen atoms in total. The summed E-state index contributed by atoms with van der Waals surface area (Å²) in [6, 6.07) is 4.62. The molecule has 0 aliphatic rings. The van der Waals surface area contributed by atoms with E-state index in [1.165, 1.54) is 5.56 Å².